The fourth-order valence-electron chi connectivity index (χ4n) is 5.09. The number of carbonyl (C=O) groups excluding carboxylic acids is 2. The lowest BCUT2D eigenvalue weighted by Crippen LogP contribution is -2.57. The first-order valence-electron chi connectivity index (χ1n) is 12.7. The molecule has 2 heterocycles. The van der Waals surface area contributed by atoms with E-state index in [9.17, 15) is 32.3 Å². The van der Waals surface area contributed by atoms with Crippen LogP contribution in [0, 0.1) is 5.82 Å². The van der Waals surface area contributed by atoms with Crippen LogP contribution < -0.4 is 10.2 Å². The summed E-state index contributed by atoms with van der Waals surface area (Å²) in [4.78, 5) is 27.9. The molecule has 2 N–H and O–H groups in total. The summed E-state index contributed by atoms with van der Waals surface area (Å²) in [5, 5.41) is 13.4. The molecule has 2 aromatic rings. The van der Waals surface area contributed by atoms with E-state index in [0.29, 0.717) is 42.6 Å². The van der Waals surface area contributed by atoms with E-state index in [1.54, 1.807) is 12.1 Å². The fraction of sp³-hybridized carbons (Fsp3) is 0.481. The number of nitrogens with one attached hydrogen (secondary N) is 1. The molecule has 0 saturated carbocycles. The van der Waals surface area contributed by atoms with Crippen LogP contribution in [0.25, 0.3) is 0 Å². The zero-order chi connectivity index (χ0) is 28.4. The Kier molecular flexibility index (Phi) is 8.72. The van der Waals surface area contributed by atoms with Gasteiger partial charge in [-0.2, -0.15) is 13.2 Å². The quantitative estimate of drug-likeness (QED) is 0.506. The number of benzene rings is 2. The molecule has 2 fully saturated rings. The van der Waals surface area contributed by atoms with Crippen LogP contribution >= 0.6 is 11.6 Å². The van der Waals surface area contributed by atoms with Crippen molar-refractivity contribution in [1.82, 2.24) is 10.2 Å². The minimum absolute atomic E-state index is 0.0216. The van der Waals surface area contributed by atoms with E-state index < -0.39 is 29.1 Å². The van der Waals surface area contributed by atoms with Gasteiger partial charge in [-0.1, -0.05) is 23.7 Å². The van der Waals surface area contributed by atoms with Gasteiger partial charge in [-0.15, -0.1) is 0 Å². The van der Waals surface area contributed by atoms with Crippen molar-refractivity contribution in [2.24, 2.45) is 0 Å². The molecule has 4 rings (SSSR count). The number of piperidine rings is 2. The number of nitrogens with zero attached hydrogens (tertiary/aromatic N) is 2. The van der Waals surface area contributed by atoms with E-state index in [2.05, 4.69) is 10.2 Å². The highest BCUT2D eigenvalue weighted by Gasteiger charge is 2.62. The molecule has 39 heavy (non-hydrogen) atoms. The van der Waals surface area contributed by atoms with Crippen molar-refractivity contribution in [3.8, 4) is 0 Å². The van der Waals surface area contributed by atoms with Gasteiger partial charge in [0.2, 0.25) is 0 Å². The molecule has 1 atom stereocenters. The van der Waals surface area contributed by atoms with Crippen LogP contribution in [0.2, 0.25) is 5.02 Å². The van der Waals surface area contributed by atoms with E-state index in [1.165, 1.54) is 7.05 Å². The summed E-state index contributed by atoms with van der Waals surface area (Å²) in [6.45, 7) is 1.35. The number of aliphatic hydroxyl groups is 1. The van der Waals surface area contributed by atoms with Crippen molar-refractivity contribution in [2.75, 3.05) is 38.1 Å². The van der Waals surface area contributed by atoms with Gasteiger partial charge in [-0.3, -0.25) is 9.59 Å². The van der Waals surface area contributed by atoms with Crippen LogP contribution in [0.15, 0.2) is 42.5 Å². The zero-order valence-electron chi connectivity index (χ0n) is 21.3. The van der Waals surface area contributed by atoms with Crippen molar-refractivity contribution in [3.05, 3.63) is 64.4 Å². The van der Waals surface area contributed by atoms with Crippen LogP contribution in [0.3, 0.4) is 0 Å². The lowest BCUT2D eigenvalue weighted by Gasteiger charge is -2.40. The van der Waals surface area contributed by atoms with Gasteiger partial charge in [-0.05, 0) is 56.0 Å². The second kappa shape index (κ2) is 11.7. The van der Waals surface area contributed by atoms with Gasteiger partial charge in [-0.25, -0.2) is 4.39 Å². The Morgan fingerprint density at radius 3 is 2.15 bits per heavy atom. The number of ether oxygens (including phenoxy) is 1. The van der Waals surface area contributed by atoms with E-state index in [1.807, 2.05) is 6.07 Å². The first-order chi connectivity index (χ1) is 18.4. The summed E-state index contributed by atoms with van der Waals surface area (Å²) < 4.78 is 61.5. The Bertz CT molecular complexity index is 1200. The second-order valence-electron chi connectivity index (χ2n) is 9.78. The molecule has 2 saturated heterocycles. The minimum atomic E-state index is -5.33. The van der Waals surface area contributed by atoms with Gasteiger partial charge >= 0.3 is 6.18 Å². The number of likely N-dealkylation sites (tertiary alicyclic amines) is 1. The molecule has 0 radical (unpaired) electrons. The normalized spacial score (nSPS) is 19.1. The van der Waals surface area contributed by atoms with Gasteiger partial charge in [0.15, 0.2) is 0 Å². The van der Waals surface area contributed by atoms with Crippen LogP contribution in [0.5, 0.6) is 0 Å². The third-order valence-electron chi connectivity index (χ3n) is 7.31. The third kappa shape index (κ3) is 6.15. The Hall–Kier alpha value is -2.89. The highest BCUT2D eigenvalue weighted by molar-refractivity contribution is 6.34. The highest BCUT2D eigenvalue weighted by atomic mass is 35.5. The van der Waals surface area contributed by atoms with Crippen molar-refractivity contribution in [1.29, 1.82) is 0 Å². The van der Waals surface area contributed by atoms with Crippen LogP contribution in [-0.4, -0.2) is 73.4 Å². The number of halogens is 5. The largest absolute Gasteiger partial charge is 0.430 e. The van der Waals surface area contributed by atoms with Gasteiger partial charge < -0.3 is 25.0 Å². The SMILES string of the molecule is CNC(=O)c1ccc(N2CCC(OC3CCN(C(=O)C(O)(c4cccc(F)c4)C(F)(F)F)CC3)CC2)cc1Cl. The number of hydrogen-bond acceptors (Lipinski definition) is 5. The number of amides is 2. The maximum Gasteiger partial charge on any atom is 0.430 e. The number of anilines is 1. The molecular weight excluding hydrogens is 542 g/mol. The molecule has 0 spiro atoms. The van der Waals surface area contributed by atoms with Crippen LogP contribution in [0.1, 0.15) is 41.6 Å². The van der Waals surface area contributed by atoms with Crippen molar-refractivity contribution in [2.45, 2.75) is 49.7 Å². The average molecular weight is 572 g/mol. The maximum atomic E-state index is 13.9. The minimum Gasteiger partial charge on any atom is -0.375 e. The Morgan fingerprint density at radius 2 is 1.62 bits per heavy atom. The predicted octanol–water partition coefficient (Wildman–Crippen LogP) is 4.27. The molecule has 12 heteroatoms. The molecule has 0 aliphatic carbocycles. The number of carbonyl (C=O) groups is 2. The molecule has 2 aliphatic heterocycles. The molecule has 0 bridgehead atoms. The smallest absolute Gasteiger partial charge is 0.375 e. The standard InChI is InChI=1S/C27H30ClF4N3O4/c1-33-24(36)22-6-5-19(16-23(22)28)34-11-7-20(8-12-34)39-21-9-13-35(14-10-21)25(37)26(38,27(30,31)32)17-3-2-4-18(29)15-17/h2-6,15-16,20-21,38H,7-14H2,1H3,(H,33,36). The van der Waals surface area contributed by atoms with Gasteiger partial charge in [0, 0.05) is 44.5 Å². The molecule has 2 amide bonds. The summed E-state index contributed by atoms with van der Waals surface area (Å²) in [5.41, 5.74) is -3.39. The van der Waals surface area contributed by atoms with Crippen LogP contribution in [-0.2, 0) is 15.1 Å². The van der Waals surface area contributed by atoms with Crippen molar-refractivity contribution in [3.63, 3.8) is 0 Å². The maximum absolute atomic E-state index is 13.9. The molecule has 212 valence electrons. The summed E-state index contributed by atoms with van der Waals surface area (Å²) in [5.74, 6) is -2.76. The number of hydrogen-bond donors (Lipinski definition) is 2. The lowest BCUT2D eigenvalue weighted by atomic mass is 9.90. The number of alkyl halides is 3. The molecule has 2 aliphatic rings. The molecule has 1 unspecified atom stereocenters. The van der Waals surface area contributed by atoms with Crippen LogP contribution in [0.4, 0.5) is 23.2 Å². The first kappa shape index (κ1) is 29.1. The summed E-state index contributed by atoms with van der Waals surface area (Å²) in [7, 11) is 1.54. The average Bonchev–Trinajstić information content (AvgIpc) is 2.92. The third-order valence-corrected chi connectivity index (χ3v) is 7.62. The second-order valence-corrected chi connectivity index (χ2v) is 10.2. The molecule has 2 aromatic carbocycles. The highest BCUT2D eigenvalue weighted by Crippen LogP contribution is 2.41. The fourth-order valence-corrected chi connectivity index (χ4v) is 5.35. The van der Waals surface area contributed by atoms with Gasteiger partial charge in [0.05, 0.1) is 22.8 Å². The van der Waals surface area contributed by atoms with Crippen molar-refractivity contribution < 1.29 is 37.0 Å². The molecule has 0 aromatic heterocycles. The van der Waals surface area contributed by atoms with E-state index in [-0.39, 0.29) is 31.2 Å². The molecule has 7 nitrogen and oxygen atoms in total. The monoisotopic (exact) mass is 571 g/mol. The first-order valence-corrected chi connectivity index (χ1v) is 13.1. The van der Waals surface area contributed by atoms with Gasteiger partial charge in [0.25, 0.3) is 17.4 Å². The van der Waals surface area contributed by atoms with E-state index in [4.69, 9.17) is 16.3 Å². The summed E-state index contributed by atoms with van der Waals surface area (Å²) in [6.07, 6.45) is -3.53. The van der Waals surface area contributed by atoms with E-state index >= 15 is 0 Å². The van der Waals surface area contributed by atoms with E-state index in [0.717, 1.165) is 41.6 Å². The van der Waals surface area contributed by atoms with Gasteiger partial charge in [0.1, 0.15) is 5.82 Å². The topological polar surface area (TPSA) is 82.1 Å². The molecular formula is C27H30ClF4N3O4. The summed E-state index contributed by atoms with van der Waals surface area (Å²) in [6, 6.07) is 8.66. The Morgan fingerprint density at radius 1 is 1.00 bits per heavy atom. The lowest BCUT2D eigenvalue weighted by molar-refractivity contribution is -0.262. The van der Waals surface area contributed by atoms with Crippen molar-refractivity contribution >= 4 is 29.1 Å². The zero-order valence-corrected chi connectivity index (χ0v) is 22.1. The Balaban J connectivity index is 1.31. The summed E-state index contributed by atoms with van der Waals surface area (Å²) >= 11 is 6.27. The Labute approximate surface area is 228 Å². The number of rotatable bonds is 6. The predicted molar refractivity (Wildman–Crippen MR) is 137 cm³/mol.